The minimum absolute atomic E-state index is 0.123. The fraction of sp³-hybridized carbons (Fsp3) is 0.231. The number of aryl methyl sites for hydroxylation is 2. The molecule has 12 nitrogen and oxygen atoms in total. The fourth-order valence-corrected chi connectivity index (χ4v) is 2.12. The van der Waals surface area contributed by atoms with Crippen molar-refractivity contribution in [1.29, 1.82) is 0 Å². The van der Waals surface area contributed by atoms with Gasteiger partial charge in [-0.3, -0.25) is 0 Å². The molecule has 0 saturated heterocycles. The number of rotatable bonds is 8. The predicted octanol–water partition coefficient (Wildman–Crippen LogP) is 0.101. The number of hydrogen-bond acceptors (Lipinski definition) is 6. The van der Waals surface area contributed by atoms with E-state index in [0.717, 1.165) is 0 Å². The van der Waals surface area contributed by atoms with Crippen LogP contribution in [0.2, 0.25) is 0 Å². The van der Waals surface area contributed by atoms with Gasteiger partial charge < -0.3 is 30.4 Å². The molecule has 0 fully saturated rings. The molecule has 2 aromatic rings. The monoisotopic (exact) mass is 352 g/mol. The lowest BCUT2D eigenvalue weighted by atomic mass is 10.2. The van der Waals surface area contributed by atoms with Crippen molar-refractivity contribution in [3.63, 3.8) is 0 Å². The maximum absolute atomic E-state index is 10.9. The molecule has 25 heavy (non-hydrogen) atoms. The van der Waals surface area contributed by atoms with Crippen molar-refractivity contribution in [2.45, 2.75) is 19.3 Å². The molecule has 2 rings (SSSR count). The molecule has 0 aliphatic heterocycles. The molecule has 0 radical (unpaired) electrons. The zero-order valence-corrected chi connectivity index (χ0v) is 12.4. The Morgan fingerprint density at radius 1 is 0.680 bits per heavy atom. The summed E-state index contributed by atoms with van der Waals surface area (Å²) in [7, 11) is 0. The van der Waals surface area contributed by atoms with Crippen LogP contribution in [0.15, 0.2) is 0 Å². The summed E-state index contributed by atoms with van der Waals surface area (Å²) >= 11 is 0. The van der Waals surface area contributed by atoms with E-state index < -0.39 is 46.7 Å². The van der Waals surface area contributed by atoms with Crippen molar-refractivity contribution in [3.8, 4) is 0 Å². The lowest BCUT2D eigenvalue weighted by molar-refractivity contribution is 0.0644. The summed E-state index contributed by atoms with van der Waals surface area (Å²) in [6.45, 7) is 0. The molecule has 2 aromatic heterocycles. The highest BCUT2D eigenvalue weighted by Crippen LogP contribution is 2.12. The minimum atomic E-state index is -1.48. The molecule has 0 aliphatic rings. The van der Waals surface area contributed by atoms with Crippen LogP contribution in [0.3, 0.4) is 0 Å². The number of aromatic nitrogens is 4. The SMILES string of the molecule is O=C(O)c1nc(CCCc2nc(C(=O)O)c(C(=O)O)[nH]2)[nH]c1C(=O)O. The van der Waals surface area contributed by atoms with Crippen LogP contribution >= 0.6 is 0 Å². The van der Waals surface area contributed by atoms with Crippen molar-refractivity contribution in [2.24, 2.45) is 0 Å². The topological polar surface area (TPSA) is 207 Å². The van der Waals surface area contributed by atoms with Crippen LogP contribution in [0.1, 0.15) is 60.0 Å². The van der Waals surface area contributed by atoms with Gasteiger partial charge in [0.25, 0.3) is 0 Å². The average molecular weight is 352 g/mol. The quantitative estimate of drug-likeness (QED) is 0.377. The molecule has 2 heterocycles. The van der Waals surface area contributed by atoms with Crippen molar-refractivity contribution in [3.05, 3.63) is 34.4 Å². The van der Waals surface area contributed by atoms with E-state index in [1.165, 1.54) is 0 Å². The number of carboxylic acid groups (broad SMARTS) is 4. The first-order chi connectivity index (χ1) is 11.7. The Labute approximate surface area is 138 Å². The number of H-pyrrole nitrogens is 2. The summed E-state index contributed by atoms with van der Waals surface area (Å²) in [5, 5.41) is 35.6. The van der Waals surface area contributed by atoms with Crippen LogP contribution in [0, 0.1) is 0 Å². The number of hydrogen-bond donors (Lipinski definition) is 6. The van der Waals surface area contributed by atoms with Crippen LogP contribution in [-0.2, 0) is 12.8 Å². The summed E-state index contributed by atoms with van der Waals surface area (Å²) in [6, 6.07) is 0. The molecule has 0 amide bonds. The first-order valence-corrected chi connectivity index (χ1v) is 6.81. The fourth-order valence-electron chi connectivity index (χ4n) is 2.12. The minimum Gasteiger partial charge on any atom is -0.477 e. The number of aromatic carboxylic acids is 4. The van der Waals surface area contributed by atoms with E-state index in [-0.39, 0.29) is 30.9 Å². The molecule has 132 valence electrons. The second-order valence-electron chi connectivity index (χ2n) is 4.89. The average Bonchev–Trinajstić information content (AvgIpc) is 3.11. The van der Waals surface area contributed by atoms with Gasteiger partial charge in [-0.05, 0) is 6.42 Å². The summed E-state index contributed by atoms with van der Waals surface area (Å²) < 4.78 is 0. The molecule has 12 heteroatoms. The summed E-state index contributed by atoms with van der Waals surface area (Å²) in [4.78, 5) is 55.9. The van der Waals surface area contributed by atoms with Crippen molar-refractivity contribution < 1.29 is 39.6 Å². The standard InChI is InChI=1S/C13H12N4O8/c18-10(19)6-7(11(20)21)15-4(14-6)2-1-3-5-16-8(12(22)23)9(17-5)13(24)25/h1-3H2,(H,14,15)(H,16,17)(H,18,19)(H,20,21)(H,22,23)(H,24,25). The Balaban J connectivity index is 2.09. The van der Waals surface area contributed by atoms with Crippen molar-refractivity contribution in [1.82, 2.24) is 19.9 Å². The molecule has 0 aliphatic carbocycles. The van der Waals surface area contributed by atoms with Gasteiger partial charge in [-0.15, -0.1) is 0 Å². The molecule has 0 spiro atoms. The molecular formula is C13H12N4O8. The van der Waals surface area contributed by atoms with Gasteiger partial charge in [-0.2, -0.15) is 0 Å². The van der Waals surface area contributed by atoms with Gasteiger partial charge in [-0.1, -0.05) is 0 Å². The number of carboxylic acids is 4. The van der Waals surface area contributed by atoms with Gasteiger partial charge >= 0.3 is 23.9 Å². The number of carbonyl (C=O) groups is 4. The van der Waals surface area contributed by atoms with E-state index in [4.69, 9.17) is 20.4 Å². The third-order valence-electron chi connectivity index (χ3n) is 3.17. The first-order valence-electron chi connectivity index (χ1n) is 6.81. The summed E-state index contributed by atoms with van der Waals surface area (Å²) in [5.74, 6) is -5.64. The maximum Gasteiger partial charge on any atom is 0.357 e. The highest BCUT2D eigenvalue weighted by molar-refractivity contribution is 5.99. The number of nitrogens with one attached hydrogen (secondary N) is 2. The second kappa shape index (κ2) is 6.82. The van der Waals surface area contributed by atoms with Gasteiger partial charge in [0.05, 0.1) is 0 Å². The van der Waals surface area contributed by atoms with Gasteiger partial charge in [0.2, 0.25) is 0 Å². The Bertz CT molecular complexity index is 732. The first kappa shape index (κ1) is 17.7. The lowest BCUT2D eigenvalue weighted by Gasteiger charge is -1.96. The van der Waals surface area contributed by atoms with E-state index in [1.807, 2.05) is 0 Å². The largest absolute Gasteiger partial charge is 0.477 e. The highest BCUT2D eigenvalue weighted by atomic mass is 16.4. The molecular weight excluding hydrogens is 340 g/mol. The van der Waals surface area contributed by atoms with E-state index in [0.29, 0.717) is 0 Å². The predicted molar refractivity (Wildman–Crippen MR) is 77.0 cm³/mol. The summed E-state index contributed by atoms with van der Waals surface area (Å²) in [6.07, 6.45) is 0.593. The Morgan fingerprint density at radius 2 is 1.04 bits per heavy atom. The van der Waals surface area contributed by atoms with Crippen LogP contribution in [0.25, 0.3) is 0 Å². The number of aromatic amines is 2. The normalized spacial score (nSPS) is 10.6. The van der Waals surface area contributed by atoms with Crippen LogP contribution in [-0.4, -0.2) is 64.2 Å². The maximum atomic E-state index is 10.9. The molecule has 0 saturated carbocycles. The smallest absolute Gasteiger partial charge is 0.357 e. The number of imidazole rings is 2. The zero-order chi connectivity index (χ0) is 18.7. The molecule has 0 unspecified atom stereocenters. The van der Waals surface area contributed by atoms with Gasteiger partial charge in [-0.25, -0.2) is 29.1 Å². The van der Waals surface area contributed by atoms with E-state index in [9.17, 15) is 19.2 Å². The van der Waals surface area contributed by atoms with Crippen LogP contribution in [0.5, 0.6) is 0 Å². The summed E-state index contributed by atoms with van der Waals surface area (Å²) in [5.41, 5.74) is -2.30. The van der Waals surface area contributed by atoms with E-state index in [1.54, 1.807) is 0 Å². The van der Waals surface area contributed by atoms with E-state index in [2.05, 4.69) is 19.9 Å². The Morgan fingerprint density at radius 3 is 1.28 bits per heavy atom. The zero-order valence-electron chi connectivity index (χ0n) is 12.4. The molecule has 6 N–H and O–H groups in total. The molecule has 0 aromatic carbocycles. The number of nitrogens with zero attached hydrogens (tertiary/aromatic N) is 2. The second-order valence-corrected chi connectivity index (χ2v) is 4.89. The van der Waals surface area contributed by atoms with Crippen molar-refractivity contribution >= 4 is 23.9 Å². The molecule has 0 bridgehead atoms. The van der Waals surface area contributed by atoms with E-state index >= 15 is 0 Å². The Kier molecular flexibility index (Phi) is 4.81. The van der Waals surface area contributed by atoms with Crippen molar-refractivity contribution in [2.75, 3.05) is 0 Å². The lowest BCUT2D eigenvalue weighted by Crippen LogP contribution is -2.07. The van der Waals surface area contributed by atoms with Gasteiger partial charge in [0.1, 0.15) is 11.6 Å². The third-order valence-corrected chi connectivity index (χ3v) is 3.17. The third kappa shape index (κ3) is 3.80. The Hall–Kier alpha value is -3.70. The molecule has 0 atom stereocenters. The van der Waals surface area contributed by atoms with Crippen LogP contribution < -0.4 is 0 Å². The van der Waals surface area contributed by atoms with Gasteiger partial charge in [0.15, 0.2) is 22.8 Å². The van der Waals surface area contributed by atoms with Gasteiger partial charge in [0, 0.05) is 12.8 Å². The highest BCUT2D eigenvalue weighted by Gasteiger charge is 2.23. The van der Waals surface area contributed by atoms with Crippen LogP contribution in [0.4, 0.5) is 0 Å².